The third-order valence-electron chi connectivity index (χ3n) is 2.66. The molecule has 0 saturated heterocycles. The molecule has 0 saturated carbocycles. The van der Waals surface area contributed by atoms with E-state index >= 15 is 0 Å². The van der Waals surface area contributed by atoms with Crippen LogP contribution in [0.3, 0.4) is 0 Å². The van der Waals surface area contributed by atoms with Crippen LogP contribution in [0, 0.1) is 0 Å². The number of nitrogens with one attached hydrogen (secondary N) is 1. The van der Waals surface area contributed by atoms with Gasteiger partial charge in [0.2, 0.25) is 0 Å². The minimum absolute atomic E-state index is 0.0136. The summed E-state index contributed by atoms with van der Waals surface area (Å²) in [5.74, 6) is -0.597. The summed E-state index contributed by atoms with van der Waals surface area (Å²) in [5, 5.41) is 11.7. The maximum atomic E-state index is 11.7. The normalized spacial score (nSPS) is 12.2. The van der Waals surface area contributed by atoms with Gasteiger partial charge in [0.25, 0.3) is 5.91 Å². The maximum Gasteiger partial charge on any atom is 0.253 e. The molecule has 0 radical (unpaired) electrons. The van der Waals surface area contributed by atoms with Gasteiger partial charge in [-0.25, -0.2) is 8.42 Å². The van der Waals surface area contributed by atoms with E-state index < -0.39 is 20.5 Å². The van der Waals surface area contributed by atoms with Gasteiger partial charge in [0.15, 0.2) is 9.84 Å². The Kier molecular flexibility index (Phi) is 3.95. The predicted molar refractivity (Wildman–Crippen MR) is 67.2 cm³/mol. The maximum absolute atomic E-state index is 11.7. The summed E-state index contributed by atoms with van der Waals surface area (Å²) >= 11 is 0. The van der Waals surface area contributed by atoms with Crippen LogP contribution >= 0.6 is 0 Å². The van der Waals surface area contributed by atoms with Crippen molar-refractivity contribution in [3.8, 4) is 5.75 Å². The molecule has 1 aromatic rings. The minimum Gasteiger partial charge on any atom is -0.506 e. The molecule has 1 heterocycles. The molecule has 0 aliphatic rings. The van der Waals surface area contributed by atoms with Crippen LogP contribution in [-0.4, -0.2) is 42.0 Å². The zero-order valence-corrected chi connectivity index (χ0v) is 11.3. The van der Waals surface area contributed by atoms with Gasteiger partial charge in [0, 0.05) is 19.0 Å². The molecule has 6 nitrogen and oxygen atoms in total. The molecule has 0 spiro atoms. The molecule has 0 unspecified atom stereocenters. The van der Waals surface area contributed by atoms with E-state index in [2.05, 4.69) is 10.3 Å². The second-order valence-electron chi connectivity index (χ2n) is 4.65. The van der Waals surface area contributed by atoms with E-state index in [9.17, 15) is 18.3 Å². The first kappa shape index (κ1) is 14.4. The zero-order valence-electron chi connectivity index (χ0n) is 10.5. The quantitative estimate of drug-likeness (QED) is 0.824. The molecule has 0 fully saturated rings. The Hall–Kier alpha value is -1.63. The lowest BCUT2D eigenvalue weighted by Crippen LogP contribution is -2.43. The third kappa shape index (κ3) is 3.43. The number of carbonyl (C=O) groups excluding carboxylic acids is 1. The van der Waals surface area contributed by atoms with Crippen LogP contribution in [0.1, 0.15) is 24.2 Å². The van der Waals surface area contributed by atoms with E-state index in [0.717, 1.165) is 6.26 Å². The average Bonchev–Trinajstić information content (AvgIpc) is 2.24. The molecular weight excluding hydrogens is 256 g/mol. The smallest absolute Gasteiger partial charge is 0.253 e. The summed E-state index contributed by atoms with van der Waals surface area (Å²) in [4.78, 5) is 15.4. The van der Waals surface area contributed by atoms with Crippen LogP contribution in [0.2, 0.25) is 0 Å². The lowest BCUT2D eigenvalue weighted by Gasteiger charge is -2.22. The molecule has 7 heteroatoms. The van der Waals surface area contributed by atoms with Crippen molar-refractivity contribution in [2.75, 3.05) is 12.8 Å². The van der Waals surface area contributed by atoms with Gasteiger partial charge in [-0.1, -0.05) is 0 Å². The molecule has 0 aliphatic heterocycles. The molecule has 100 valence electrons. The number of aromatic nitrogens is 1. The van der Waals surface area contributed by atoms with Crippen LogP contribution in [0.25, 0.3) is 0 Å². The molecule has 0 atom stereocenters. The monoisotopic (exact) mass is 272 g/mol. The summed E-state index contributed by atoms with van der Waals surface area (Å²) in [5.41, 5.74) is 0.180. The van der Waals surface area contributed by atoms with Gasteiger partial charge in [0.1, 0.15) is 5.75 Å². The van der Waals surface area contributed by atoms with Crippen molar-refractivity contribution in [2.24, 2.45) is 0 Å². The average molecular weight is 272 g/mol. The number of pyridine rings is 1. The molecule has 1 aromatic heterocycles. The van der Waals surface area contributed by atoms with Crippen molar-refractivity contribution in [2.45, 2.75) is 18.6 Å². The van der Waals surface area contributed by atoms with Gasteiger partial charge in [0.05, 0.1) is 16.5 Å². The summed E-state index contributed by atoms with van der Waals surface area (Å²) in [7, 11) is -3.27. The SMILES string of the molecule is CC(C)(CNC(=O)c1cncc(O)c1)S(C)(=O)=O. The van der Waals surface area contributed by atoms with E-state index in [0.29, 0.717) is 0 Å². The highest BCUT2D eigenvalue weighted by Crippen LogP contribution is 2.14. The van der Waals surface area contributed by atoms with Gasteiger partial charge in [-0.2, -0.15) is 0 Å². The number of hydrogen-bond acceptors (Lipinski definition) is 5. The minimum atomic E-state index is -3.27. The lowest BCUT2D eigenvalue weighted by atomic mass is 10.2. The molecule has 2 N–H and O–H groups in total. The van der Waals surface area contributed by atoms with Crippen LogP contribution in [0.15, 0.2) is 18.5 Å². The van der Waals surface area contributed by atoms with Gasteiger partial charge in [-0.3, -0.25) is 9.78 Å². The predicted octanol–water partition coefficient (Wildman–Crippen LogP) is 0.340. The highest BCUT2D eigenvalue weighted by Gasteiger charge is 2.30. The number of amides is 1. The molecule has 0 aromatic carbocycles. The van der Waals surface area contributed by atoms with Crippen LogP contribution < -0.4 is 5.32 Å². The highest BCUT2D eigenvalue weighted by molar-refractivity contribution is 7.92. The first-order chi connectivity index (χ1) is 8.13. The number of sulfone groups is 1. The first-order valence-corrected chi connectivity index (χ1v) is 7.14. The van der Waals surface area contributed by atoms with Crippen LogP contribution in [-0.2, 0) is 9.84 Å². The Balaban J connectivity index is 2.74. The second kappa shape index (κ2) is 4.93. The Bertz CT molecular complexity index is 552. The second-order valence-corrected chi connectivity index (χ2v) is 7.30. The van der Waals surface area contributed by atoms with Crippen molar-refractivity contribution in [1.82, 2.24) is 10.3 Å². The van der Waals surface area contributed by atoms with Gasteiger partial charge in [-0.15, -0.1) is 0 Å². The number of nitrogens with zero attached hydrogens (tertiary/aromatic N) is 1. The number of hydrogen-bond donors (Lipinski definition) is 2. The van der Waals surface area contributed by atoms with Crippen molar-refractivity contribution >= 4 is 15.7 Å². The highest BCUT2D eigenvalue weighted by atomic mass is 32.2. The molecule has 0 aliphatic carbocycles. The summed E-state index contributed by atoms with van der Waals surface area (Å²) < 4.78 is 21.9. The first-order valence-electron chi connectivity index (χ1n) is 5.25. The van der Waals surface area contributed by atoms with Crippen LogP contribution in [0.4, 0.5) is 0 Å². The van der Waals surface area contributed by atoms with Crippen molar-refractivity contribution < 1.29 is 18.3 Å². The van der Waals surface area contributed by atoms with Crippen molar-refractivity contribution in [3.63, 3.8) is 0 Å². The number of aromatic hydroxyl groups is 1. The summed E-state index contributed by atoms with van der Waals surface area (Å²) in [6, 6.07) is 1.26. The van der Waals surface area contributed by atoms with Gasteiger partial charge in [-0.05, 0) is 19.9 Å². The van der Waals surface area contributed by atoms with Crippen molar-refractivity contribution in [1.29, 1.82) is 0 Å². The Morgan fingerprint density at radius 1 is 1.44 bits per heavy atom. The third-order valence-corrected chi connectivity index (χ3v) is 4.82. The Morgan fingerprint density at radius 2 is 2.06 bits per heavy atom. The fraction of sp³-hybridized carbons (Fsp3) is 0.455. The lowest BCUT2D eigenvalue weighted by molar-refractivity contribution is 0.0949. The Labute approximate surface area is 106 Å². The van der Waals surface area contributed by atoms with E-state index in [4.69, 9.17) is 0 Å². The molecule has 1 rings (SSSR count). The molecule has 1 amide bonds. The zero-order chi connectivity index (χ0) is 14.0. The van der Waals surface area contributed by atoms with Gasteiger partial charge < -0.3 is 10.4 Å². The number of rotatable bonds is 4. The molecular formula is C11H16N2O4S. The summed E-state index contributed by atoms with van der Waals surface area (Å²) in [6.07, 6.45) is 3.62. The van der Waals surface area contributed by atoms with Crippen molar-refractivity contribution in [3.05, 3.63) is 24.0 Å². The fourth-order valence-corrected chi connectivity index (χ4v) is 1.41. The van der Waals surface area contributed by atoms with E-state index in [1.165, 1.54) is 32.3 Å². The van der Waals surface area contributed by atoms with Gasteiger partial charge >= 0.3 is 0 Å². The van der Waals surface area contributed by atoms with E-state index in [1.54, 1.807) is 0 Å². The Morgan fingerprint density at radius 3 is 2.56 bits per heavy atom. The molecule has 0 bridgehead atoms. The largest absolute Gasteiger partial charge is 0.506 e. The summed E-state index contributed by atoms with van der Waals surface area (Å²) in [6.45, 7) is 3.05. The molecule has 18 heavy (non-hydrogen) atoms. The fourth-order valence-electron chi connectivity index (χ4n) is 1.08. The number of carbonyl (C=O) groups is 1. The van der Waals surface area contributed by atoms with E-state index in [1.807, 2.05) is 0 Å². The van der Waals surface area contributed by atoms with Crippen LogP contribution in [0.5, 0.6) is 5.75 Å². The van der Waals surface area contributed by atoms with E-state index in [-0.39, 0.29) is 17.9 Å². The topological polar surface area (TPSA) is 96.4 Å². The standard InChI is InChI=1S/C11H16N2O4S/c1-11(2,18(3,16)17)7-13-10(15)8-4-9(14)6-12-5-8/h4-6,14H,7H2,1-3H3,(H,13,15).